The fourth-order valence-corrected chi connectivity index (χ4v) is 1.27. The fraction of sp³-hybridized carbons (Fsp3) is 0.600. The Hall–Kier alpha value is -1.80. The Morgan fingerprint density at radius 1 is 1.39 bits per heavy atom. The topological polar surface area (TPSA) is 144 Å². The Bertz CT molecular complexity index is 355. The summed E-state index contributed by atoms with van der Waals surface area (Å²) in [6.45, 7) is 2.28. The number of rotatable bonds is 6. The molecular formula is C10H16N3O5. The van der Waals surface area contributed by atoms with E-state index in [9.17, 15) is 24.3 Å². The van der Waals surface area contributed by atoms with Gasteiger partial charge in [0, 0.05) is 6.92 Å². The highest BCUT2D eigenvalue weighted by molar-refractivity contribution is 6.00. The highest BCUT2D eigenvalue weighted by Gasteiger charge is 2.34. The quantitative estimate of drug-likeness (QED) is 0.477. The lowest BCUT2D eigenvalue weighted by atomic mass is 10.1. The van der Waals surface area contributed by atoms with Crippen LogP contribution in [-0.4, -0.2) is 52.2 Å². The van der Waals surface area contributed by atoms with Crippen LogP contribution < -0.4 is 11.5 Å². The van der Waals surface area contributed by atoms with Gasteiger partial charge in [0.05, 0.1) is 12.5 Å². The van der Waals surface area contributed by atoms with Crippen molar-refractivity contribution in [2.75, 3.05) is 0 Å². The van der Waals surface area contributed by atoms with Crippen LogP contribution in [0.3, 0.4) is 0 Å². The number of nitrogens with two attached hydrogens (primary N) is 2. The van der Waals surface area contributed by atoms with Crippen molar-refractivity contribution in [2.45, 2.75) is 38.5 Å². The summed E-state index contributed by atoms with van der Waals surface area (Å²) in [5.74, 6) is -2.62. The standard InChI is InChI=1S/C10H16N3O5/c1-5(15)9(12)10(18)13(6(2)16)7(4-14)3-8(11)17/h5,7,9,15H,3,12H2,1-2H3,(H2,11,17)/t5-,7+,9+/m1/s1. The number of hydrogen-bond donors (Lipinski definition) is 3. The molecule has 5 N–H and O–H groups in total. The molecule has 3 atom stereocenters. The zero-order chi connectivity index (χ0) is 14.5. The molecule has 0 unspecified atom stereocenters. The molecule has 0 spiro atoms. The van der Waals surface area contributed by atoms with E-state index in [1.165, 1.54) is 13.2 Å². The first-order valence-electron chi connectivity index (χ1n) is 5.15. The van der Waals surface area contributed by atoms with Crippen LogP contribution in [0.5, 0.6) is 0 Å². The first-order valence-corrected chi connectivity index (χ1v) is 5.15. The van der Waals surface area contributed by atoms with Crippen LogP contribution in [-0.2, 0) is 19.2 Å². The molecule has 0 saturated carbocycles. The van der Waals surface area contributed by atoms with Gasteiger partial charge in [-0.1, -0.05) is 0 Å². The molecule has 1 radical (unpaired) electrons. The van der Waals surface area contributed by atoms with E-state index in [-0.39, 0.29) is 0 Å². The molecule has 0 aromatic rings. The Labute approximate surface area is 104 Å². The summed E-state index contributed by atoms with van der Waals surface area (Å²) in [7, 11) is 0. The van der Waals surface area contributed by atoms with Crippen LogP contribution in [0.25, 0.3) is 0 Å². The van der Waals surface area contributed by atoms with Crippen LogP contribution in [0.1, 0.15) is 20.3 Å². The molecule has 8 heteroatoms. The van der Waals surface area contributed by atoms with Crippen molar-refractivity contribution < 1.29 is 24.3 Å². The first kappa shape index (κ1) is 16.2. The normalized spacial score (nSPS) is 15.3. The van der Waals surface area contributed by atoms with Gasteiger partial charge < -0.3 is 16.6 Å². The Morgan fingerprint density at radius 3 is 2.17 bits per heavy atom. The molecule has 101 valence electrons. The smallest absolute Gasteiger partial charge is 0.249 e. The molecule has 0 bridgehead atoms. The number of amides is 3. The average Bonchev–Trinajstić information content (AvgIpc) is 2.25. The van der Waals surface area contributed by atoms with E-state index < -0.39 is 42.3 Å². The highest BCUT2D eigenvalue weighted by Crippen LogP contribution is 2.07. The molecule has 0 rings (SSSR count). The summed E-state index contributed by atoms with van der Waals surface area (Å²) in [4.78, 5) is 45.0. The monoisotopic (exact) mass is 258 g/mol. The van der Waals surface area contributed by atoms with Gasteiger partial charge in [0.15, 0.2) is 0 Å². The molecular weight excluding hydrogens is 242 g/mol. The van der Waals surface area contributed by atoms with Gasteiger partial charge in [0.2, 0.25) is 24.0 Å². The third kappa shape index (κ3) is 4.22. The maximum Gasteiger partial charge on any atom is 0.249 e. The Morgan fingerprint density at radius 2 is 1.89 bits per heavy atom. The zero-order valence-corrected chi connectivity index (χ0v) is 10.1. The van der Waals surface area contributed by atoms with Crippen LogP contribution in [0.2, 0.25) is 0 Å². The number of aliphatic hydroxyl groups is 1. The molecule has 0 saturated heterocycles. The second kappa shape index (κ2) is 6.82. The predicted octanol–water partition coefficient (Wildman–Crippen LogP) is -2.58. The van der Waals surface area contributed by atoms with E-state index in [0.717, 1.165) is 6.92 Å². The third-order valence-corrected chi connectivity index (χ3v) is 2.22. The summed E-state index contributed by atoms with van der Waals surface area (Å²) >= 11 is 0. The SMILES string of the molecule is CC(=O)N(C(=O)[C@@H](N)[C@@H](C)O)[C@H]([C]=O)CC(N)=O. The van der Waals surface area contributed by atoms with Crippen LogP contribution >= 0.6 is 0 Å². The summed E-state index contributed by atoms with van der Waals surface area (Å²) < 4.78 is 0. The minimum Gasteiger partial charge on any atom is -0.391 e. The minimum absolute atomic E-state index is 0.481. The van der Waals surface area contributed by atoms with Crippen molar-refractivity contribution in [3.63, 3.8) is 0 Å². The van der Waals surface area contributed by atoms with E-state index in [0.29, 0.717) is 4.90 Å². The molecule has 0 aliphatic rings. The van der Waals surface area contributed by atoms with Crippen molar-refractivity contribution in [2.24, 2.45) is 11.5 Å². The lowest BCUT2D eigenvalue weighted by molar-refractivity contribution is -0.147. The maximum absolute atomic E-state index is 11.8. The molecule has 3 amide bonds. The second-order valence-electron chi connectivity index (χ2n) is 3.80. The van der Waals surface area contributed by atoms with E-state index in [4.69, 9.17) is 11.5 Å². The Kier molecular flexibility index (Phi) is 6.14. The summed E-state index contributed by atoms with van der Waals surface area (Å²) in [6.07, 6.45) is -0.363. The molecule has 0 fully saturated rings. The average molecular weight is 258 g/mol. The maximum atomic E-state index is 11.8. The van der Waals surface area contributed by atoms with Crippen molar-refractivity contribution in [3.05, 3.63) is 0 Å². The van der Waals surface area contributed by atoms with Gasteiger partial charge in [-0.05, 0) is 6.92 Å². The molecule has 0 aliphatic heterocycles. The van der Waals surface area contributed by atoms with Gasteiger partial charge in [-0.15, -0.1) is 0 Å². The molecule has 0 aromatic heterocycles. The van der Waals surface area contributed by atoms with Gasteiger partial charge in [0.1, 0.15) is 12.1 Å². The van der Waals surface area contributed by atoms with Gasteiger partial charge in [-0.3, -0.25) is 24.1 Å². The van der Waals surface area contributed by atoms with E-state index in [2.05, 4.69) is 0 Å². The number of imide groups is 1. The molecule has 0 aliphatic carbocycles. The lowest BCUT2D eigenvalue weighted by Gasteiger charge is -2.27. The highest BCUT2D eigenvalue weighted by atomic mass is 16.3. The number of carbonyl (C=O) groups excluding carboxylic acids is 4. The number of aliphatic hydroxyl groups excluding tert-OH is 1. The first-order chi connectivity index (χ1) is 8.22. The van der Waals surface area contributed by atoms with Crippen LogP contribution in [0.4, 0.5) is 0 Å². The summed E-state index contributed by atoms with van der Waals surface area (Å²) in [5, 5.41) is 9.18. The van der Waals surface area contributed by atoms with Crippen LogP contribution in [0.15, 0.2) is 0 Å². The lowest BCUT2D eigenvalue weighted by Crippen LogP contribution is -2.55. The Balaban J connectivity index is 5.16. The van der Waals surface area contributed by atoms with Gasteiger partial charge >= 0.3 is 0 Å². The third-order valence-electron chi connectivity index (χ3n) is 2.22. The van der Waals surface area contributed by atoms with Crippen molar-refractivity contribution in [3.8, 4) is 0 Å². The molecule has 8 nitrogen and oxygen atoms in total. The zero-order valence-electron chi connectivity index (χ0n) is 10.1. The molecule has 18 heavy (non-hydrogen) atoms. The molecule has 0 heterocycles. The van der Waals surface area contributed by atoms with Crippen LogP contribution in [0, 0.1) is 0 Å². The number of nitrogens with zero attached hydrogens (tertiary/aromatic N) is 1. The van der Waals surface area contributed by atoms with E-state index in [1.54, 1.807) is 0 Å². The van der Waals surface area contributed by atoms with Gasteiger partial charge in [-0.25, -0.2) is 0 Å². The van der Waals surface area contributed by atoms with E-state index >= 15 is 0 Å². The predicted molar refractivity (Wildman–Crippen MR) is 60.5 cm³/mol. The number of carbonyl (C=O) groups is 3. The van der Waals surface area contributed by atoms with Crippen molar-refractivity contribution in [1.82, 2.24) is 4.90 Å². The van der Waals surface area contributed by atoms with Gasteiger partial charge in [-0.2, -0.15) is 0 Å². The fourth-order valence-electron chi connectivity index (χ4n) is 1.27. The summed E-state index contributed by atoms with van der Waals surface area (Å²) in [6, 6.07) is -2.81. The van der Waals surface area contributed by atoms with Gasteiger partial charge in [0.25, 0.3) is 0 Å². The minimum atomic E-state index is -1.43. The van der Waals surface area contributed by atoms with Crippen molar-refractivity contribution in [1.29, 1.82) is 0 Å². The second-order valence-corrected chi connectivity index (χ2v) is 3.80. The number of primary amides is 1. The number of hydrogen-bond acceptors (Lipinski definition) is 6. The largest absolute Gasteiger partial charge is 0.391 e. The molecule has 0 aromatic carbocycles. The van der Waals surface area contributed by atoms with E-state index in [1.807, 2.05) is 0 Å². The van der Waals surface area contributed by atoms with Crippen molar-refractivity contribution >= 4 is 24.0 Å². The summed E-state index contributed by atoms with van der Waals surface area (Å²) in [5.41, 5.74) is 10.3.